The Labute approximate surface area is 211 Å². The molecule has 0 saturated carbocycles. The number of benzene rings is 2. The number of carboxylic acid groups (broad SMARTS) is 2. The number of halogens is 1. The number of anilines is 1. The third kappa shape index (κ3) is 9.19. The number of rotatable bonds is 13. The van der Waals surface area contributed by atoms with E-state index in [1.807, 2.05) is 13.0 Å². The first kappa shape index (κ1) is 28.1. The summed E-state index contributed by atoms with van der Waals surface area (Å²) in [7, 11) is 0. The topological polar surface area (TPSA) is 151 Å². The van der Waals surface area contributed by atoms with Crippen LogP contribution in [0.3, 0.4) is 0 Å². The Balaban J connectivity index is 2.19. The molecule has 1 amide bonds. The molecule has 0 spiro atoms. The van der Waals surface area contributed by atoms with Gasteiger partial charge in [0.1, 0.15) is 11.5 Å². The van der Waals surface area contributed by atoms with Crippen molar-refractivity contribution in [1.29, 1.82) is 0 Å². The maximum Gasteiger partial charge on any atom is 0.317 e. The van der Waals surface area contributed by atoms with Gasteiger partial charge in [0.2, 0.25) is 5.91 Å². The molecule has 11 heteroatoms. The van der Waals surface area contributed by atoms with Gasteiger partial charge in [0.15, 0.2) is 0 Å². The standard InChI is InChI=1S/C24H30BrN3O7/c1-15-7-16(2)24(35)18(8-15)12-28(14-23(33)34)6-5-27(13-22(31)32)11-17-9-19(3-4-20(17)29)26-21(30)10-25/h3-4,7-9,29,35H,5-6,10-14H2,1-2H3,(H,26,30)(H,31,32)(H,33,34). The number of aryl methyl sites for hydroxylation is 2. The smallest absolute Gasteiger partial charge is 0.317 e. The van der Waals surface area contributed by atoms with Crippen molar-refractivity contribution in [1.82, 2.24) is 9.80 Å². The van der Waals surface area contributed by atoms with Gasteiger partial charge in [-0.05, 0) is 37.6 Å². The second-order valence-corrected chi connectivity index (χ2v) is 8.88. The first-order valence-corrected chi connectivity index (χ1v) is 12.0. The summed E-state index contributed by atoms with van der Waals surface area (Å²) in [6, 6.07) is 8.13. The second-order valence-electron chi connectivity index (χ2n) is 8.32. The molecule has 0 aliphatic carbocycles. The third-order valence-corrected chi connectivity index (χ3v) is 5.76. The fraction of sp³-hybridized carbons (Fsp3) is 0.375. The summed E-state index contributed by atoms with van der Waals surface area (Å²) in [5.41, 5.74) is 3.07. The van der Waals surface area contributed by atoms with Crippen molar-refractivity contribution in [3.63, 3.8) is 0 Å². The Morgan fingerprint density at radius 3 is 2.00 bits per heavy atom. The van der Waals surface area contributed by atoms with Crippen molar-refractivity contribution >= 4 is 39.5 Å². The number of hydrogen-bond donors (Lipinski definition) is 5. The van der Waals surface area contributed by atoms with Crippen LogP contribution in [-0.4, -0.2) is 79.6 Å². The minimum atomic E-state index is -1.08. The van der Waals surface area contributed by atoms with Gasteiger partial charge in [-0.1, -0.05) is 33.6 Å². The number of phenolic OH excluding ortho intramolecular Hbond substituents is 2. The van der Waals surface area contributed by atoms with Gasteiger partial charge >= 0.3 is 11.9 Å². The SMILES string of the molecule is Cc1cc(C)c(O)c(CN(CCN(CC(=O)O)Cc2cc(NC(=O)CBr)ccc2O)CC(=O)O)c1. The van der Waals surface area contributed by atoms with E-state index in [0.717, 1.165) is 5.56 Å². The Morgan fingerprint density at radius 2 is 1.46 bits per heavy atom. The maximum absolute atomic E-state index is 11.6. The van der Waals surface area contributed by atoms with Crippen LogP contribution >= 0.6 is 15.9 Å². The number of carbonyl (C=O) groups excluding carboxylic acids is 1. The van der Waals surface area contributed by atoms with Gasteiger partial charge in [-0.15, -0.1) is 0 Å². The minimum Gasteiger partial charge on any atom is -0.508 e. The number of aromatic hydroxyl groups is 2. The molecule has 35 heavy (non-hydrogen) atoms. The van der Waals surface area contributed by atoms with Crippen molar-refractivity contribution in [2.75, 3.05) is 36.8 Å². The molecule has 0 bridgehead atoms. The number of hydrogen-bond acceptors (Lipinski definition) is 7. The van der Waals surface area contributed by atoms with Gasteiger partial charge < -0.3 is 25.7 Å². The molecular weight excluding hydrogens is 522 g/mol. The van der Waals surface area contributed by atoms with Gasteiger partial charge in [0.05, 0.1) is 18.4 Å². The van der Waals surface area contributed by atoms with E-state index >= 15 is 0 Å². The minimum absolute atomic E-state index is 0.0558. The zero-order chi connectivity index (χ0) is 26.1. The van der Waals surface area contributed by atoms with Crippen molar-refractivity contribution in [2.45, 2.75) is 26.9 Å². The molecule has 0 atom stereocenters. The Kier molecular flexibility index (Phi) is 10.5. The first-order chi connectivity index (χ1) is 16.5. The summed E-state index contributed by atoms with van der Waals surface area (Å²) in [5, 5.41) is 42.2. The van der Waals surface area contributed by atoms with Crippen LogP contribution in [0.1, 0.15) is 22.3 Å². The van der Waals surface area contributed by atoms with E-state index in [-0.39, 0.29) is 62.0 Å². The third-order valence-electron chi connectivity index (χ3n) is 5.25. The van der Waals surface area contributed by atoms with Crippen LogP contribution in [0, 0.1) is 13.8 Å². The molecule has 0 heterocycles. The van der Waals surface area contributed by atoms with Crippen LogP contribution in [0.5, 0.6) is 11.5 Å². The summed E-state index contributed by atoms with van der Waals surface area (Å²) in [4.78, 5) is 37.7. The number of carbonyl (C=O) groups is 3. The Bertz CT molecular complexity index is 1080. The van der Waals surface area contributed by atoms with Crippen LogP contribution in [-0.2, 0) is 27.5 Å². The summed E-state index contributed by atoms with van der Waals surface area (Å²) < 4.78 is 0. The number of aliphatic carboxylic acids is 2. The van der Waals surface area contributed by atoms with Crippen LogP contribution in [0.25, 0.3) is 0 Å². The number of amides is 1. The predicted molar refractivity (Wildman–Crippen MR) is 134 cm³/mol. The molecular formula is C24H30BrN3O7. The van der Waals surface area contributed by atoms with E-state index in [1.54, 1.807) is 28.9 Å². The number of carboxylic acids is 2. The van der Waals surface area contributed by atoms with Crippen LogP contribution < -0.4 is 5.32 Å². The van der Waals surface area contributed by atoms with E-state index in [4.69, 9.17) is 0 Å². The number of nitrogens with one attached hydrogen (secondary N) is 1. The van der Waals surface area contributed by atoms with Gasteiger partial charge in [0.25, 0.3) is 0 Å². The number of nitrogens with zero attached hydrogens (tertiary/aromatic N) is 2. The molecule has 0 unspecified atom stereocenters. The van der Waals surface area contributed by atoms with Gasteiger partial charge in [-0.3, -0.25) is 24.2 Å². The highest BCUT2D eigenvalue weighted by Crippen LogP contribution is 2.26. The van der Waals surface area contributed by atoms with E-state index in [1.165, 1.54) is 12.1 Å². The monoisotopic (exact) mass is 551 g/mol. The molecule has 2 aromatic rings. The lowest BCUT2D eigenvalue weighted by Crippen LogP contribution is -2.39. The van der Waals surface area contributed by atoms with Gasteiger partial charge in [-0.25, -0.2) is 0 Å². The zero-order valence-corrected chi connectivity index (χ0v) is 21.2. The average molecular weight is 552 g/mol. The highest BCUT2D eigenvalue weighted by atomic mass is 79.9. The van der Waals surface area contributed by atoms with Gasteiger partial charge in [0, 0.05) is 43.0 Å². The summed E-state index contributed by atoms with van der Waals surface area (Å²) in [6.45, 7) is 3.62. The maximum atomic E-state index is 11.6. The largest absolute Gasteiger partial charge is 0.508 e. The Hall–Kier alpha value is -3.15. The molecule has 0 aliphatic rings. The fourth-order valence-electron chi connectivity index (χ4n) is 3.73. The summed E-state index contributed by atoms with van der Waals surface area (Å²) >= 11 is 3.06. The van der Waals surface area contributed by atoms with Crippen molar-refractivity contribution in [2.24, 2.45) is 0 Å². The highest BCUT2D eigenvalue weighted by molar-refractivity contribution is 9.09. The van der Waals surface area contributed by atoms with Crippen molar-refractivity contribution in [3.8, 4) is 11.5 Å². The van der Waals surface area contributed by atoms with E-state index in [0.29, 0.717) is 22.4 Å². The van der Waals surface area contributed by atoms with Crippen molar-refractivity contribution in [3.05, 3.63) is 52.6 Å². The Morgan fingerprint density at radius 1 is 0.886 bits per heavy atom. The lowest BCUT2D eigenvalue weighted by molar-refractivity contribution is -0.140. The van der Waals surface area contributed by atoms with Crippen LogP contribution in [0.4, 0.5) is 5.69 Å². The van der Waals surface area contributed by atoms with Gasteiger partial charge in [-0.2, -0.15) is 0 Å². The number of phenols is 2. The van der Waals surface area contributed by atoms with Crippen LogP contribution in [0.15, 0.2) is 30.3 Å². The lowest BCUT2D eigenvalue weighted by Gasteiger charge is -2.27. The lowest BCUT2D eigenvalue weighted by atomic mass is 10.1. The van der Waals surface area contributed by atoms with E-state index in [9.17, 15) is 34.8 Å². The molecule has 0 aromatic heterocycles. The van der Waals surface area contributed by atoms with Crippen molar-refractivity contribution < 1.29 is 34.8 Å². The molecule has 2 rings (SSSR count). The predicted octanol–water partition coefficient (Wildman–Crippen LogP) is 2.52. The molecule has 0 saturated heterocycles. The highest BCUT2D eigenvalue weighted by Gasteiger charge is 2.18. The van der Waals surface area contributed by atoms with E-state index < -0.39 is 11.9 Å². The molecule has 0 aliphatic heterocycles. The zero-order valence-electron chi connectivity index (χ0n) is 19.6. The molecule has 0 radical (unpaired) electrons. The molecule has 5 N–H and O–H groups in total. The molecule has 190 valence electrons. The average Bonchev–Trinajstić information content (AvgIpc) is 2.76. The summed E-state index contributed by atoms with van der Waals surface area (Å²) in [6.07, 6.45) is 0. The normalized spacial score (nSPS) is 11.1. The first-order valence-electron chi connectivity index (χ1n) is 10.8. The van der Waals surface area contributed by atoms with Crippen LogP contribution in [0.2, 0.25) is 0 Å². The molecule has 2 aromatic carbocycles. The second kappa shape index (κ2) is 13.1. The fourth-order valence-corrected chi connectivity index (χ4v) is 3.87. The number of alkyl halides is 1. The summed E-state index contributed by atoms with van der Waals surface area (Å²) in [5.74, 6) is -2.36. The molecule has 10 nitrogen and oxygen atoms in total. The quantitative estimate of drug-likeness (QED) is 0.187. The molecule has 0 fully saturated rings. The van der Waals surface area contributed by atoms with E-state index in [2.05, 4.69) is 21.2 Å².